The molecule has 5 nitrogen and oxygen atoms in total. The molecule has 1 amide bonds. The van der Waals surface area contributed by atoms with Crippen LogP contribution in [0, 0.1) is 0 Å². The lowest BCUT2D eigenvalue weighted by molar-refractivity contribution is -0.114. The van der Waals surface area contributed by atoms with Gasteiger partial charge < -0.3 is 20.1 Å². The zero-order chi connectivity index (χ0) is 15.3. The van der Waals surface area contributed by atoms with Gasteiger partial charge in [-0.25, -0.2) is 0 Å². The third-order valence-corrected chi connectivity index (χ3v) is 3.94. The molecule has 2 rings (SSSR count). The lowest BCUT2D eigenvalue weighted by Crippen LogP contribution is -2.43. The number of anilines is 1. The third-order valence-electron chi connectivity index (χ3n) is 3.94. The summed E-state index contributed by atoms with van der Waals surface area (Å²) in [5.41, 5.74) is 1.73. The summed E-state index contributed by atoms with van der Waals surface area (Å²) in [4.78, 5) is 11.1. The fraction of sp³-hybridized carbons (Fsp3) is 0.562. The fourth-order valence-corrected chi connectivity index (χ4v) is 2.51. The molecule has 5 heteroatoms. The van der Waals surface area contributed by atoms with Crippen molar-refractivity contribution in [3.63, 3.8) is 0 Å². The molecule has 1 aliphatic heterocycles. The molecular weight excluding hydrogens is 268 g/mol. The monoisotopic (exact) mass is 292 g/mol. The van der Waals surface area contributed by atoms with Gasteiger partial charge in [0, 0.05) is 45.3 Å². The van der Waals surface area contributed by atoms with Crippen LogP contribution in [0.4, 0.5) is 5.69 Å². The first-order chi connectivity index (χ1) is 10.0. The van der Waals surface area contributed by atoms with Crippen molar-refractivity contribution in [2.45, 2.75) is 31.9 Å². The van der Waals surface area contributed by atoms with E-state index in [0.717, 1.165) is 30.8 Å². The van der Waals surface area contributed by atoms with Crippen LogP contribution < -0.4 is 10.6 Å². The molecule has 0 radical (unpaired) electrons. The lowest BCUT2D eigenvalue weighted by atomic mass is 10.0. The highest BCUT2D eigenvalue weighted by Gasteiger charge is 2.34. The normalized spacial score (nSPS) is 23.0. The van der Waals surface area contributed by atoms with E-state index >= 15 is 0 Å². The zero-order valence-corrected chi connectivity index (χ0v) is 12.9. The van der Waals surface area contributed by atoms with Crippen molar-refractivity contribution >= 4 is 11.6 Å². The highest BCUT2D eigenvalue weighted by molar-refractivity contribution is 5.88. The summed E-state index contributed by atoms with van der Waals surface area (Å²) >= 11 is 0. The highest BCUT2D eigenvalue weighted by Crippen LogP contribution is 2.23. The van der Waals surface area contributed by atoms with Crippen LogP contribution in [0.25, 0.3) is 0 Å². The third kappa shape index (κ3) is 4.27. The number of hydrogen-bond acceptors (Lipinski definition) is 4. The highest BCUT2D eigenvalue weighted by atomic mass is 16.5. The summed E-state index contributed by atoms with van der Waals surface area (Å²) < 4.78 is 11.1. The van der Waals surface area contributed by atoms with E-state index in [-0.39, 0.29) is 17.6 Å². The van der Waals surface area contributed by atoms with Gasteiger partial charge in [-0.2, -0.15) is 0 Å². The van der Waals surface area contributed by atoms with Crippen LogP contribution in [0.1, 0.15) is 31.9 Å². The summed E-state index contributed by atoms with van der Waals surface area (Å²) in [5.74, 6) is -0.0609. The maximum atomic E-state index is 11.1. The number of hydrogen-bond donors (Lipinski definition) is 2. The molecule has 1 aromatic rings. The topological polar surface area (TPSA) is 59.6 Å². The molecule has 1 fully saturated rings. The van der Waals surface area contributed by atoms with Crippen LogP contribution in [0.15, 0.2) is 24.3 Å². The second-order valence-electron chi connectivity index (χ2n) is 5.60. The van der Waals surface area contributed by atoms with Crippen molar-refractivity contribution in [3.8, 4) is 0 Å². The van der Waals surface area contributed by atoms with Gasteiger partial charge in [0.1, 0.15) is 5.60 Å². The molecule has 2 unspecified atom stereocenters. The van der Waals surface area contributed by atoms with Crippen LogP contribution in [0.2, 0.25) is 0 Å². The predicted octanol–water partition coefficient (Wildman–Crippen LogP) is 2.10. The molecule has 1 aliphatic rings. The van der Waals surface area contributed by atoms with E-state index in [4.69, 9.17) is 9.47 Å². The van der Waals surface area contributed by atoms with E-state index in [1.165, 1.54) is 6.92 Å². The minimum atomic E-state index is -0.219. The second-order valence-corrected chi connectivity index (χ2v) is 5.60. The van der Waals surface area contributed by atoms with Crippen molar-refractivity contribution < 1.29 is 14.3 Å². The number of amides is 1. The molecule has 0 aliphatic carbocycles. The standard InChI is InChI=1S/C16H24N2O3/c1-12(17-10-16(20-3)7-8-21-11-16)14-5-4-6-15(9-14)18-13(2)19/h4-6,9,12,17H,7-8,10-11H2,1-3H3,(H,18,19). The zero-order valence-electron chi connectivity index (χ0n) is 12.9. The van der Waals surface area contributed by atoms with Gasteiger partial charge in [-0.1, -0.05) is 12.1 Å². The molecule has 0 saturated carbocycles. The van der Waals surface area contributed by atoms with Crippen LogP contribution >= 0.6 is 0 Å². The molecule has 0 spiro atoms. The van der Waals surface area contributed by atoms with Crippen LogP contribution in [0.3, 0.4) is 0 Å². The van der Waals surface area contributed by atoms with Gasteiger partial charge in [-0.15, -0.1) is 0 Å². The molecule has 2 atom stereocenters. The van der Waals surface area contributed by atoms with Gasteiger partial charge in [-0.05, 0) is 24.6 Å². The van der Waals surface area contributed by atoms with Crippen molar-refractivity contribution in [3.05, 3.63) is 29.8 Å². The first kappa shape index (κ1) is 15.9. The minimum absolute atomic E-state index is 0.0609. The minimum Gasteiger partial charge on any atom is -0.378 e. The Morgan fingerprint density at radius 1 is 1.52 bits per heavy atom. The average molecular weight is 292 g/mol. The van der Waals surface area contributed by atoms with E-state index in [9.17, 15) is 4.79 Å². The number of benzene rings is 1. The first-order valence-electron chi connectivity index (χ1n) is 7.28. The number of rotatable bonds is 6. The number of carbonyl (C=O) groups is 1. The van der Waals surface area contributed by atoms with Gasteiger partial charge in [0.15, 0.2) is 0 Å². The van der Waals surface area contributed by atoms with Crippen molar-refractivity contribution in [2.24, 2.45) is 0 Å². The predicted molar refractivity (Wildman–Crippen MR) is 82.3 cm³/mol. The number of carbonyl (C=O) groups excluding carboxylic acids is 1. The molecular formula is C16H24N2O3. The van der Waals surface area contributed by atoms with Gasteiger partial charge in [0.25, 0.3) is 0 Å². The van der Waals surface area contributed by atoms with E-state index < -0.39 is 0 Å². The van der Waals surface area contributed by atoms with Crippen LogP contribution in [-0.2, 0) is 14.3 Å². The Balaban J connectivity index is 1.96. The van der Waals surface area contributed by atoms with Crippen molar-refractivity contribution in [1.82, 2.24) is 5.32 Å². The van der Waals surface area contributed by atoms with Gasteiger partial charge in [0.05, 0.1) is 6.61 Å². The summed E-state index contributed by atoms with van der Waals surface area (Å²) in [5, 5.41) is 6.30. The van der Waals surface area contributed by atoms with Gasteiger partial charge in [-0.3, -0.25) is 4.79 Å². The molecule has 1 heterocycles. The molecule has 1 saturated heterocycles. The summed E-state index contributed by atoms with van der Waals surface area (Å²) in [6.07, 6.45) is 0.912. The first-order valence-corrected chi connectivity index (χ1v) is 7.28. The Hall–Kier alpha value is -1.43. The maximum Gasteiger partial charge on any atom is 0.221 e. The number of methoxy groups -OCH3 is 1. The number of nitrogens with one attached hydrogen (secondary N) is 2. The van der Waals surface area contributed by atoms with Crippen LogP contribution in [-0.4, -0.2) is 38.4 Å². The number of ether oxygens (including phenoxy) is 2. The Kier molecular flexibility index (Phi) is 5.33. The Morgan fingerprint density at radius 3 is 2.95 bits per heavy atom. The average Bonchev–Trinajstić information content (AvgIpc) is 2.94. The Labute approximate surface area is 126 Å². The maximum absolute atomic E-state index is 11.1. The van der Waals surface area contributed by atoms with E-state index in [0.29, 0.717) is 6.61 Å². The molecule has 1 aromatic carbocycles. The van der Waals surface area contributed by atoms with Crippen molar-refractivity contribution in [2.75, 3.05) is 32.2 Å². The SMILES string of the molecule is COC1(CNC(C)c2cccc(NC(C)=O)c2)CCOC1. The second kappa shape index (κ2) is 7.02. The molecule has 0 aromatic heterocycles. The van der Waals surface area contributed by atoms with Gasteiger partial charge in [0.2, 0.25) is 5.91 Å². The summed E-state index contributed by atoms with van der Waals surface area (Å²) in [6.45, 7) is 5.74. The smallest absolute Gasteiger partial charge is 0.221 e. The van der Waals surface area contributed by atoms with E-state index in [1.807, 2.05) is 24.3 Å². The van der Waals surface area contributed by atoms with E-state index in [1.54, 1.807) is 7.11 Å². The van der Waals surface area contributed by atoms with Crippen LogP contribution in [0.5, 0.6) is 0 Å². The summed E-state index contributed by atoms with van der Waals surface area (Å²) in [7, 11) is 1.73. The van der Waals surface area contributed by atoms with Gasteiger partial charge >= 0.3 is 0 Å². The molecule has 21 heavy (non-hydrogen) atoms. The lowest BCUT2D eigenvalue weighted by Gasteiger charge is -2.28. The van der Waals surface area contributed by atoms with Crippen molar-refractivity contribution in [1.29, 1.82) is 0 Å². The largest absolute Gasteiger partial charge is 0.378 e. The van der Waals surface area contributed by atoms with E-state index in [2.05, 4.69) is 17.6 Å². The Bertz CT molecular complexity index is 484. The Morgan fingerprint density at radius 2 is 2.33 bits per heavy atom. The summed E-state index contributed by atoms with van der Waals surface area (Å²) in [6, 6.07) is 8.05. The molecule has 2 N–H and O–H groups in total. The fourth-order valence-electron chi connectivity index (χ4n) is 2.51. The molecule has 0 bridgehead atoms. The molecule has 116 valence electrons. The quantitative estimate of drug-likeness (QED) is 0.843.